The van der Waals surface area contributed by atoms with Crippen LogP contribution in [0.3, 0.4) is 0 Å². The molecule has 2 saturated heterocycles. The smallest absolute Gasteiger partial charge is 0.379 e. The van der Waals surface area contributed by atoms with Gasteiger partial charge < -0.3 is 5.32 Å². The first-order valence-corrected chi connectivity index (χ1v) is 14.0. The minimum Gasteiger partial charge on any atom is -0.379 e. The van der Waals surface area contributed by atoms with Gasteiger partial charge >= 0.3 is 6.18 Å². The molecule has 38 heavy (non-hydrogen) atoms. The van der Waals surface area contributed by atoms with Gasteiger partial charge in [-0.1, -0.05) is 18.9 Å². The van der Waals surface area contributed by atoms with Crippen LogP contribution in [0.2, 0.25) is 0 Å². The maximum Gasteiger partial charge on any atom is 0.394 e. The van der Waals surface area contributed by atoms with Gasteiger partial charge in [0.25, 0.3) is 5.91 Å². The van der Waals surface area contributed by atoms with Crippen LogP contribution < -0.4 is 5.32 Å². The fraction of sp³-hybridized carbons (Fsp3) is 0.679. The number of rotatable bonds is 7. The lowest BCUT2D eigenvalue weighted by Gasteiger charge is -2.50. The highest BCUT2D eigenvalue weighted by Gasteiger charge is 2.50. The molecule has 0 radical (unpaired) electrons. The molecule has 3 amide bonds. The molecule has 6 rings (SSSR count). The molecule has 0 unspecified atom stereocenters. The van der Waals surface area contributed by atoms with Gasteiger partial charge in [-0.25, -0.2) is 5.01 Å². The summed E-state index contributed by atoms with van der Waals surface area (Å²) < 4.78 is 39.0. The number of benzene rings is 1. The van der Waals surface area contributed by atoms with Gasteiger partial charge in [-0.2, -0.15) is 18.2 Å². The molecule has 206 valence electrons. The Morgan fingerprint density at radius 1 is 0.974 bits per heavy atom. The topological polar surface area (TPSA) is 73.0 Å². The van der Waals surface area contributed by atoms with Crippen LogP contribution in [0.5, 0.6) is 0 Å². The number of halogens is 3. The Labute approximate surface area is 220 Å². The van der Waals surface area contributed by atoms with Crippen LogP contribution >= 0.6 is 0 Å². The molecule has 2 saturated carbocycles. The molecule has 1 aromatic rings. The first-order valence-electron chi connectivity index (χ1n) is 14.0. The van der Waals surface area contributed by atoms with E-state index in [9.17, 15) is 27.6 Å². The van der Waals surface area contributed by atoms with Crippen LogP contribution in [0.25, 0.3) is 0 Å². The van der Waals surface area contributed by atoms with Crippen LogP contribution in [0.4, 0.5) is 18.9 Å². The third kappa shape index (κ3) is 4.80. The van der Waals surface area contributed by atoms with E-state index in [0.717, 1.165) is 60.7 Å². The molecule has 7 nitrogen and oxygen atoms in total. The monoisotopic (exact) mass is 532 g/mol. The summed E-state index contributed by atoms with van der Waals surface area (Å²) in [6, 6.07) is 5.72. The maximum absolute atomic E-state index is 13.3. The average Bonchev–Trinajstić information content (AvgIpc) is 3.61. The van der Waals surface area contributed by atoms with Gasteiger partial charge in [0.15, 0.2) is 0 Å². The molecule has 5 aliphatic rings. The van der Waals surface area contributed by atoms with Crippen molar-refractivity contribution in [2.24, 2.45) is 11.8 Å². The Bertz CT molecular complexity index is 1100. The minimum atomic E-state index is -4.11. The largest absolute Gasteiger partial charge is 0.394 e. The number of amides is 3. The molecule has 0 spiro atoms. The van der Waals surface area contributed by atoms with Gasteiger partial charge in [0.05, 0.1) is 12.5 Å². The predicted molar refractivity (Wildman–Crippen MR) is 134 cm³/mol. The van der Waals surface area contributed by atoms with Crippen LogP contribution in [-0.2, 0) is 16.1 Å². The highest BCUT2D eigenvalue weighted by molar-refractivity contribution is 6.05. The Balaban J connectivity index is 1.18. The van der Waals surface area contributed by atoms with Gasteiger partial charge in [0.2, 0.25) is 11.8 Å². The first-order chi connectivity index (χ1) is 18.1. The zero-order valence-electron chi connectivity index (χ0n) is 21.6. The lowest BCUT2D eigenvalue weighted by atomic mass is 9.74. The van der Waals surface area contributed by atoms with E-state index in [4.69, 9.17) is 0 Å². The average molecular weight is 533 g/mol. The summed E-state index contributed by atoms with van der Waals surface area (Å²) in [6.07, 6.45) is 4.95. The van der Waals surface area contributed by atoms with E-state index >= 15 is 0 Å². The summed E-state index contributed by atoms with van der Waals surface area (Å²) in [5.74, 6) is -1.46. The van der Waals surface area contributed by atoms with E-state index < -0.39 is 12.1 Å². The number of nitrogens with one attached hydrogen (secondary N) is 1. The normalized spacial score (nSPS) is 29.0. The highest BCUT2D eigenvalue weighted by Crippen LogP contribution is 2.45. The van der Waals surface area contributed by atoms with Crippen molar-refractivity contribution in [3.8, 4) is 0 Å². The molecular weight excluding hydrogens is 497 g/mol. The number of hydrogen-bond donors (Lipinski definition) is 1. The van der Waals surface area contributed by atoms with Gasteiger partial charge in [0.1, 0.15) is 0 Å². The lowest BCUT2D eigenvalue weighted by molar-refractivity contribution is -0.215. The van der Waals surface area contributed by atoms with Crippen molar-refractivity contribution >= 4 is 23.4 Å². The second-order valence-electron chi connectivity index (χ2n) is 12.0. The van der Waals surface area contributed by atoms with Crippen LogP contribution in [-0.4, -0.2) is 63.5 Å². The van der Waals surface area contributed by atoms with E-state index in [1.165, 1.54) is 17.9 Å². The molecule has 0 aromatic heterocycles. The fourth-order valence-electron chi connectivity index (χ4n) is 6.76. The van der Waals surface area contributed by atoms with Crippen molar-refractivity contribution in [2.75, 3.05) is 18.4 Å². The van der Waals surface area contributed by atoms with Crippen molar-refractivity contribution in [1.29, 1.82) is 0 Å². The van der Waals surface area contributed by atoms with Crippen molar-refractivity contribution in [3.05, 3.63) is 29.3 Å². The van der Waals surface area contributed by atoms with Crippen molar-refractivity contribution in [1.82, 2.24) is 14.9 Å². The van der Waals surface area contributed by atoms with Crippen molar-refractivity contribution in [3.63, 3.8) is 0 Å². The van der Waals surface area contributed by atoms with E-state index in [0.29, 0.717) is 12.0 Å². The predicted octanol–water partition coefficient (Wildman–Crippen LogP) is 4.87. The summed E-state index contributed by atoms with van der Waals surface area (Å²) >= 11 is 0. The third-order valence-electron chi connectivity index (χ3n) is 9.37. The lowest BCUT2D eigenvalue weighted by Crippen LogP contribution is -2.59. The van der Waals surface area contributed by atoms with Gasteiger partial charge in [-0.15, -0.1) is 0 Å². The molecule has 1 aromatic carbocycles. The summed E-state index contributed by atoms with van der Waals surface area (Å²) in [5.41, 5.74) is 1.97. The third-order valence-corrected chi connectivity index (χ3v) is 9.37. The summed E-state index contributed by atoms with van der Waals surface area (Å²) in [6.45, 7) is 0.381. The van der Waals surface area contributed by atoms with Gasteiger partial charge in [-0.3, -0.25) is 19.3 Å². The molecule has 2 aliphatic carbocycles. The zero-order chi connectivity index (χ0) is 26.7. The molecular formula is C28H35F3N4O3. The number of imide groups is 1. The number of piperidine rings is 1. The summed E-state index contributed by atoms with van der Waals surface area (Å²) in [4.78, 5) is 40.3. The number of carbonyl (C=O) groups is 3. The number of alkyl halides is 3. The number of hydrazine groups is 1. The second-order valence-corrected chi connectivity index (χ2v) is 12.0. The fourth-order valence-corrected chi connectivity index (χ4v) is 6.76. The standard InChI is InChI=1S/C28H35F3N4O3/c29-28(30,31)19-15-33(16-19)20-10-13-27(14-11-20,12-9-18-7-8-18)32-23-4-1-3-21-22(23)17-34(26(21)38)35-24(36)5-2-6-25(35)37/h1,3-4,18-20,32H,2,5-17H2. The van der Waals surface area contributed by atoms with E-state index in [1.807, 2.05) is 17.0 Å². The Kier molecular flexibility index (Phi) is 6.44. The SMILES string of the molecule is O=C1c2cccc(NC3(CCC4CC4)CCC(N4CC(C(F)(F)F)C4)CC3)c2CN1N1C(=O)CCCC1=O. The Hall–Kier alpha value is -2.62. The van der Waals surface area contributed by atoms with Crippen molar-refractivity contribution in [2.45, 2.75) is 94.9 Å². The van der Waals surface area contributed by atoms with Gasteiger partial charge in [0, 0.05) is 54.3 Å². The molecule has 3 aliphatic heterocycles. The zero-order valence-corrected chi connectivity index (χ0v) is 21.6. The summed E-state index contributed by atoms with van der Waals surface area (Å²) in [5, 5.41) is 6.13. The minimum absolute atomic E-state index is 0.106. The number of fused-ring (bicyclic) bond motifs is 1. The van der Waals surface area contributed by atoms with Crippen molar-refractivity contribution < 1.29 is 27.6 Å². The summed E-state index contributed by atoms with van der Waals surface area (Å²) in [7, 11) is 0. The maximum atomic E-state index is 13.3. The second kappa shape index (κ2) is 9.54. The highest BCUT2D eigenvalue weighted by atomic mass is 19.4. The molecule has 10 heteroatoms. The number of carbonyl (C=O) groups excluding carboxylic acids is 3. The van der Waals surface area contributed by atoms with E-state index in [1.54, 1.807) is 6.07 Å². The Morgan fingerprint density at radius 2 is 1.66 bits per heavy atom. The molecule has 4 fully saturated rings. The molecule has 0 atom stereocenters. The van der Waals surface area contributed by atoms with Gasteiger partial charge in [-0.05, 0) is 63.0 Å². The van der Waals surface area contributed by atoms with E-state index in [2.05, 4.69) is 5.32 Å². The molecule has 1 N–H and O–H groups in total. The molecule has 0 bridgehead atoms. The van der Waals surface area contributed by atoms with Crippen LogP contribution in [0.15, 0.2) is 18.2 Å². The molecule has 3 heterocycles. The van der Waals surface area contributed by atoms with E-state index in [-0.39, 0.29) is 61.8 Å². The first kappa shape index (κ1) is 25.6. The Morgan fingerprint density at radius 3 is 2.29 bits per heavy atom. The number of nitrogens with zero attached hydrogens (tertiary/aromatic N) is 3. The number of likely N-dealkylation sites (tertiary alicyclic amines) is 1. The van der Waals surface area contributed by atoms with Crippen LogP contribution in [0.1, 0.15) is 86.6 Å². The quantitative estimate of drug-likeness (QED) is 0.507. The number of hydrogen-bond acceptors (Lipinski definition) is 5. The number of anilines is 1. The van der Waals surface area contributed by atoms with Crippen LogP contribution in [0, 0.1) is 11.8 Å².